The standard InChI is InChI=1S/C13H16N6OS2/c1-8(10(20)15-11-9(7-14)5-6-21-11)22-12-16-17-18-19(12)13(2,3)4/h5-6,8H,1-4H3,(H,15,20)/t8-/m1/s1. The zero-order valence-corrected chi connectivity index (χ0v) is 14.3. The summed E-state index contributed by atoms with van der Waals surface area (Å²) in [4.78, 5) is 12.3. The number of carbonyl (C=O) groups excluding carboxylic acids is 1. The van der Waals surface area contributed by atoms with Crippen LogP contribution in [-0.4, -0.2) is 31.4 Å². The van der Waals surface area contributed by atoms with Crippen LogP contribution in [0.4, 0.5) is 5.00 Å². The number of tetrazole rings is 1. The van der Waals surface area contributed by atoms with Crippen LogP contribution >= 0.6 is 23.1 Å². The number of nitrogens with one attached hydrogen (secondary N) is 1. The molecule has 2 aromatic rings. The highest BCUT2D eigenvalue weighted by Crippen LogP contribution is 2.27. The van der Waals surface area contributed by atoms with Crippen molar-refractivity contribution in [1.82, 2.24) is 20.2 Å². The van der Waals surface area contributed by atoms with Crippen LogP contribution in [0.2, 0.25) is 0 Å². The highest BCUT2D eigenvalue weighted by molar-refractivity contribution is 8.00. The smallest absolute Gasteiger partial charge is 0.238 e. The van der Waals surface area contributed by atoms with Crippen molar-refractivity contribution in [2.24, 2.45) is 0 Å². The highest BCUT2D eigenvalue weighted by Gasteiger charge is 2.24. The zero-order valence-electron chi connectivity index (χ0n) is 12.7. The van der Waals surface area contributed by atoms with Crippen molar-refractivity contribution >= 4 is 34.0 Å². The van der Waals surface area contributed by atoms with Gasteiger partial charge in [-0.3, -0.25) is 4.79 Å². The van der Waals surface area contributed by atoms with Crippen LogP contribution in [-0.2, 0) is 10.3 Å². The van der Waals surface area contributed by atoms with Gasteiger partial charge in [-0.25, -0.2) is 4.68 Å². The monoisotopic (exact) mass is 336 g/mol. The summed E-state index contributed by atoms with van der Waals surface area (Å²) in [5, 5.41) is 25.9. The molecule has 0 aliphatic carbocycles. The summed E-state index contributed by atoms with van der Waals surface area (Å²) in [5.74, 6) is -0.188. The third-order valence-corrected chi connectivity index (χ3v) is 4.61. The Morgan fingerprint density at radius 1 is 1.55 bits per heavy atom. The van der Waals surface area contributed by atoms with Crippen molar-refractivity contribution in [2.45, 2.75) is 43.6 Å². The fraction of sp³-hybridized carbons (Fsp3) is 0.462. The maximum atomic E-state index is 12.3. The Morgan fingerprint density at radius 2 is 2.27 bits per heavy atom. The summed E-state index contributed by atoms with van der Waals surface area (Å²) < 4.78 is 1.69. The van der Waals surface area contributed by atoms with Crippen LogP contribution in [0.1, 0.15) is 33.3 Å². The van der Waals surface area contributed by atoms with Gasteiger partial charge in [-0.05, 0) is 49.6 Å². The van der Waals surface area contributed by atoms with Crippen molar-refractivity contribution in [2.75, 3.05) is 5.32 Å². The quantitative estimate of drug-likeness (QED) is 0.862. The molecular formula is C13H16N6OS2. The van der Waals surface area contributed by atoms with Gasteiger partial charge < -0.3 is 5.32 Å². The van der Waals surface area contributed by atoms with E-state index in [1.54, 1.807) is 23.1 Å². The molecule has 0 bridgehead atoms. The van der Waals surface area contributed by atoms with E-state index >= 15 is 0 Å². The van der Waals surface area contributed by atoms with Crippen LogP contribution in [0.15, 0.2) is 16.6 Å². The Labute approximate surface area is 136 Å². The molecule has 116 valence electrons. The zero-order chi connectivity index (χ0) is 16.3. The number of carbonyl (C=O) groups is 1. The lowest BCUT2D eigenvalue weighted by Gasteiger charge is -2.20. The number of hydrogen-bond donors (Lipinski definition) is 1. The molecule has 0 saturated carbocycles. The van der Waals surface area contributed by atoms with Crippen LogP contribution in [0, 0.1) is 11.3 Å². The summed E-state index contributed by atoms with van der Waals surface area (Å²) in [7, 11) is 0. The lowest BCUT2D eigenvalue weighted by atomic mass is 10.1. The number of nitrogens with zero attached hydrogens (tertiary/aromatic N) is 5. The van der Waals surface area contributed by atoms with Crippen LogP contribution in [0.25, 0.3) is 0 Å². The largest absolute Gasteiger partial charge is 0.316 e. The van der Waals surface area contributed by atoms with Gasteiger partial charge in [0.15, 0.2) is 0 Å². The molecule has 2 rings (SSSR count). The fourth-order valence-corrected chi connectivity index (χ4v) is 3.31. The normalized spacial score (nSPS) is 12.7. The van der Waals surface area contributed by atoms with Gasteiger partial charge in [-0.1, -0.05) is 11.8 Å². The average Bonchev–Trinajstić information content (AvgIpc) is 3.06. The maximum Gasteiger partial charge on any atom is 0.238 e. The number of hydrogen-bond acceptors (Lipinski definition) is 7. The summed E-state index contributed by atoms with van der Waals surface area (Å²) in [6, 6.07) is 3.73. The number of aromatic nitrogens is 4. The van der Waals surface area contributed by atoms with E-state index in [1.807, 2.05) is 26.8 Å². The van der Waals surface area contributed by atoms with E-state index in [2.05, 4.69) is 20.8 Å². The number of thioether (sulfide) groups is 1. The molecule has 22 heavy (non-hydrogen) atoms. The molecule has 0 unspecified atom stereocenters. The SMILES string of the molecule is C[C@@H](Sc1nnnn1C(C)(C)C)C(=O)Nc1sccc1C#N. The van der Waals surface area contributed by atoms with E-state index < -0.39 is 0 Å². The molecule has 0 spiro atoms. The van der Waals surface area contributed by atoms with Gasteiger partial charge in [0.05, 0.1) is 16.4 Å². The first kappa shape index (κ1) is 16.5. The van der Waals surface area contributed by atoms with Crippen molar-refractivity contribution in [3.63, 3.8) is 0 Å². The number of rotatable bonds is 4. The second-order valence-electron chi connectivity index (χ2n) is 5.57. The predicted molar refractivity (Wildman–Crippen MR) is 85.8 cm³/mol. The van der Waals surface area contributed by atoms with Gasteiger partial charge in [0.2, 0.25) is 11.1 Å². The number of anilines is 1. The number of thiophene rings is 1. The van der Waals surface area contributed by atoms with Crippen LogP contribution < -0.4 is 5.32 Å². The molecule has 1 amide bonds. The Balaban J connectivity index is 2.07. The van der Waals surface area contributed by atoms with E-state index in [1.165, 1.54) is 23.1 Å². The first-order valence-corrected chi connectivity index (χ1v) is 8.33. The highest BCUT2D eigenvalue weighted by atomic mass is 32.2. The molecule has 2 aromatic heterocycles. The third kappa shape index (κ3) is 3.64. The lowest BCUT2D eigenvalue weighted by molar-refractivity contribution is -0.115. The topological polar surface area (TPSA) is 96.5 Å². The summed E-state index contributed by atoms with van der Waals surface area (Å²) in [6.07, 6.45) is 0. The Morgan fingerprint density at radius 3 is 2.91 bits per heavy atom. The molecule has 7 nitrogen and oxygen atoms in total. The molecule has 0 radical (unpaired) electrons. The van der Waals surface area contributed by atoms with Crippen molar-refractivity contribution in [1.29, 1.82) is 5.26 Å². The average molecular weight is 336 g/mol. The molecule has 9 heteroatoms. The summed E-state index contributed by atoms with van der Waals surface area (Å²) >= 11 is 2.61. The van der Waals surface area contributed by atoms with Gasteiger partial charge >= 0.3 is 0 Å². The van der Waals surface area contributed by atoms with Gasteiger partial charge in [-0.2, -0.15) is 5.26 Å². The lowest BCUT2D eigenvalue weighted by Crippen LogP contribution is -2.26. The van der Waals surface area contributed by atoms with Crippen LogP contribution in [0.3, 0.4) is 0 Å². The second-order valence-corrected chi connectivity index (χ2v) is 7.79. The number of amides is 1. The minimum Gasteiger partial charge on any atom is -0.316 e. The van der Waals surface area contributed by atoms with Gasteiger partial charge in [0.25, 0.3) is 0 Å². The summed E-state index contributed by atoms with van der Waals surface area (Å²) in [6.45, 7) is 7.75. The minimum absolute atomic E-state index is 0.188. The first-order valence-electron chi connectivity index (χ1n) is 6.57. The molecule has 0 fully saturated rings. The Hall–Kier alpha value is -1.92. The molecular weight excluding hydrogens is 320 g/mol. The fourth-order valence-electron chi connectivity index (χ4n) is 1.59. The van der Waals surface area contributed by atoms with E-state index in [4.69, 9.17) is 5.26 Å². The molecule has 0 aromatic carbocycles. The third-order valence-electron chi connectivity index (χ3n) is 2.75. The predicted octanol–water partition coefficient (Wildman–Crippen LogP) is 2.48. The maximum absolute atomic E-state index is 12.3. The number of nitriles is 1. The van der Waals surface area contributed by atoms with E-state index in [0.717, 1.165) is 0 Å². The molecule has 0 aliphatic heterocycles. The van der Waals surface area contributed by atoms with E-state index in [-0.39, 0.29) is 16.7 Å². The minimum atomic E-state index is -0.388. The van der Waals surface area contributed by atoms with Crippen LogP contribution in [0.5, 0.6) is 0 Å². The second kappa shape index (κ2) is 6.46. The molecule has 0 saturated heterocycles. The Kier molecular flexibility index (Phi) is 4.83. The Bertz CT molecular complexity index is 709. The van der Waals surface area contributed by atoms with Gasteiger partial charge in [0.1, 0.15) is 11.1 Å². The first-order chi connectivity index (χ1) is 10.3. The molecule has 1 N–H and O–H groups in total. The van der Waals surface area contributed by atoms with Crippen molar-refractivity contribution in [3.8, 4) is 6.07 Å². The van der Waals surface area contributed by atoms with Gasteiger partial charge in [0, 0.05) is 0 Å². The van der Waals surface area contributed by atoms with E-state index in [9.17, 15) is 4.79 Å². The van der Waals surface area contributed by atoms with Gasteiger partial charge in [-0.15, -0.1) is 16.4 Å². The summed E-state index contributed by atoms with van der Waals surface area (Å²) in [5.41, 5.74) is 0.208. The molecule has 0 aliphatic rings. The molecule has 2 heterocycles. The van der Waals surface area contributed by atoms with Crippen molar-refractivity contribution < 1.29 is 4.79 Å². The molecule has 1 atom stereocenters. The van der Waals surface area contributed by atoms with E-state index in [0.29, 0.717) is 15.7 Å². The van der Waals surface area contributed by atoms with Crippen molar-refractivity contribution in [3.05, 3.63) is 17.0 Å².